The second-order valence-electron chi connectivity index (χ2n) is 4.78. The van der Waals surface area contributed by atoms with Gasteiger partial charge < -0.3 is 25.0 Å². The molecule has 2 aromatic rings. The van der Waals surface area contributed by atoms with Crippen LogP contribution in [0.25, 0.3) is 0 Å². The largest absolute Gasteiger partial charge is 0.550 e. The first-order chi connectivity index (χ1) is 11.0. The Kier molecular flexibility index (Phi) is 5.51. The molecule has 1 heterocycles. The molecule has 0 saturated carbocycles. The van der Waals surface area contributed by atoms with E-state index in [2.05, 4.69) is 10.6 Å². The van der Waals surface area contributed by atoms with Crippen molar-refractivity contribution in [2.24, 2.45) is 0 Å². The molecule has 1 aromatic heterocycles. The lowest BCUT2D eigenvalue weighted by molar-refractivity contribution is -0.305. The zero-order chi connectivity index (χ0) is 16.7. The highest BCUT2D eigenvalue weighted by atomic mass is 16.4. The Balaban J connectivity index is 1.83. The fourth-order valence-corrected chi connectivity index (χ4v) is 1.85. The van der Waals surface area contributed by atoms with Gasteiger partial charge in [-0.15, -0.1) is 0 Å². The lowest BCUT2D eigenvalue weighted by Gasteiger charge is -2.07. The summed E-state index contributed by atoms with van der Waals surface area (Å²) < 4.78 is 4.98. The van der Waals surface area contributed by atoms with E-state index < -0.39 is 5.97 Å². The van der Waals surface area contributed by atoms with Crippen molar-refractivity contribution < 1.29 is 23.9 Å². The number of aliphatic carboxylic acids is 1. The summed E-state index contributed by atoms with van der Waals surface area (Å²) in [5.74, 6) is -1.61. The van der Waals surface area contributed by atoms with Crippen LogP contribution in [0.15, 0.2) is 47.1 Å². The van der Waals surface area contributed by atoms with Crippen molar-refractivity contribution in [3.63, 3.8) is 0 Å². The van der Waals surface area contributed by atoms with Gasteiger partial charge in [-0.2, -0.15) is 0 Å². The first kappa shape index (κ1) is 16.3. The number of hydrogen-bond donors (Lipinski definition) is 2. The normalized spacial score (nSPS) is 10.1. The summed E-state index contributed by atoms with van der Waals surface area (Å²) in [6, 6.07) is 9.71. The number of benzene rings is 1. The fraction of sp³-hybridized carbons (Fsp3) is 0.188. The monoisotopic (exact) mass is 315 g/mol. The van der Waals surface area contributed by atoms with Gasteiger partial charge in [0.05, 0.1) is 6.26 Å². The molecule has 0 aliphatic rings. The van der Waals surface area contributed by atoms with Crippen LogP contribution in [0.5, 0.6) is 0 Å². The topological polar surface area (TPSA) is 111 Å². The fourth-order valence-electron chi connectivity index (χ4n) is 1.85. The van der Waals surface area contributed by atoms with E-state index in [0.29, 0.717) is 11.4 Å². The van der Waals surface area contributed by atoms with E-state index in [1.54, 1.807) is 36.4 Å². The molecule has 0 fully saturated rings. The van der Waals surface area contributed by atoms with Crippen molar-refractivity contribution in [1.29, 1.82) is 0 Å². The van der Waals surface area contributed by atoms with Crippen molar-refractivity contribution in [3.05, 3.63) is 48.4 Å². The van der Waals surface area contributed by atoms with Crippen LogP contribution in [0.2, 0.25) is 0 Å². The predicted octanol–water partition coefficient (Wildman–Crippen LogP) is 1.39. The average molecular weight is 315 g/mol. The van der Waals surface area contributed by atoms with E-state index in [1.165, 1.54) is 6.26 Å². The molecule has 23 heavy (non-hydrogen) atoms. The predicted molar refractivity (Wildman–Crippen MR) is 80.6 cm³/mol. The van der Waals surface area contributed by atoms with Gasteiger partial charge in [0.15, 0.2) is 5.76 Å². The van der Waals surface area contributed by atoms with E-state index in [1.807, 2.05) is 0 Å². The summed E-state index contributed by atoms with van der Waals surface area (Å²) in [5.41, 5.74) is 1.11. The summed E-state index contributed by atoms with van der Waals surface area (Å²) in [5, 5.41) is 15.6. The van der Waals surface area contributed by atoms with Gasteiger partial charge in [0.25, 0.3) is 5.91 Å². The van der Waals surface area contributed by atoms with Crippen LogP contribution in [0.1, 0.15) is 29.8 Å². The molecule has 7 heteroatoms. The summed E-state index contributed by atoms with van der Waals surface area (Å²) in [6.07, 6.45) is 1.59. The Morgan fingerprint density at radius 2 is 1.61 bits per heavy atom. The molecule has 0 atom stereocenters. The van der Waals surface area contributed by atoms with Gasteiger partial charge in [-0.1, -0.05) is 0 Å². The zero-order valence-corrected chi connectivity index (χ0v) is 12.2. The second kappa shape index (κ2) is 7.79. The molecule has 1 aromatic carbocycles. The molecular formula is C16H15N2O5-. The molecule has 7 nitrogen and oxygen atoms in total. The van der Waals surface area contributed by atoms with E-state index in [-0.39, 0.29) is 36.8 Å². The number of amides is 2. The van der Waals surface area contributed by atoms with E-state index >= 15 is 0 Å². The number of carboxylic acid groups (broad SMARTS) is 1. The van der Waals surface area contributed by atoms with Crippen LogP contribution >= 0.6 is 0 Å². The van der Waals surface area contributed by atoms with Crippen molar-refractivity contribution in [1.82, 2.24) is 0 Å². The van der Waals surface area contributed by atoms with Gasteiger partial charge >= 0.3 is 0 Å². The minimum absolute atomic E-state index is 0.102. The van der Waals surface area contributed by atoms with Crippen LogP contribution in [0.3, 0.4) is 0 Å². The molecule has 0 spiro atoms. The maximum atomic E-state index is 11.8. The Labute approximate surface area is 132 Å². The lowest BCUT2D eigenvalue weighted by atomic mass is 10.2. The Bertz CT molecular complexity index is 677. The number of anilines is 2. The van der Waals surface area contributed by atoms with Gasteiger partial charge in [-0.3, -0.25) is 9.59 Å². The standard InChI is InChI=1S/C16H16N2O5/c19-14(4-1-5-15(20)21)17-11-6-8-12(9-7-11)18-16(22)13-3-2-10-23-13/h2-3,6-10H,1,4-5H2,(H,17,19)(H,18,22)(H,20,21)/p-1. The maximum absolute atomic E-state index is 11.8. The summed E-state index contributed by atoms with van der Waals surface area (Å²) in [7, 11) is 0. The molecule has 0 saturated heterocycles. The van der Waals surface area contributed by atoms with Crippen LogP contribution < -0.4 is 15.7 Å². The third kappa shape index (κ3) is 5.31. The molecule has 120 valence electrons. The minimum atomic E-state index is -1.17. The molecule has 0 bridgehead atoms. The number of rotatable bonds is 7. The van der Waals surface area contributed by atoms with Crippen molar-refractivity contribution in [2.45, 2.75) is 19.3 Å². The number of nitrogens with one attached hydrogen (secondary N) is 2. The molecule has 0 unspecified atom stereocenters. The summed E-state index contributed by atoms with van der Waals surface area (Å²) in [6.45, 7) is 0. The Morgan fingerprint density at radius 1 is 0.957 bits per heavy atom. The van der Waals surface area contributed by atoms with E-state index in [4.69, 9.17) is 4.42 Å². The number of carbonyl (C=O) groups is 3. The summed E-state index contributed by atoms with van der Waals surface area (Å²) >= 11 is 0. The molecule has 2 amide bonds. The van der Waals surface area contributed by atoms with E-state index in [9.17, 15) is 19.5 Å². The third-order valence-electron chi connectivity index (χ3n) is 2.96. The van der Waals surface area contributed by atoms with Gasteiger partial charge in [0, 0.05) is 23.8 Å². The molecule has 0 aliphatic heterocycles. The van der Waals surface area contributed by atoms with Gasteiger partial charge in [0.1, 0.15) is 0 Å². The molecule has 0 aliphatic carbocycles. The second-order valence-corrected chi connectivity index (χ2v) is 4.78. The zero-order valence-electron chi connectivity index (χ0n) is 12.2. The summed E-state index contributed by atoms with van der Waals surface area (Å²) in [4.78, 5) is 33.7. The highest BCUT2D eigenvalue weighted by Crippen LogP contribution is 2.15. The van der Waals surface area contributed by atoms with E-state index in [0.717, 1.165) is 0 Å². The SMILES string of the molecule is O=C([O-])CCCC(=O)Nc1ccc(NC(=O)c2ccco2)cc1. The molecular weight excluding hydrogens is 300 g/mol. The molecule has 0 radical (unpaired) electrons. The maximum Gasteiger partial charge on any atom is 0.291 e. The Morgan fingerprint density at radius 3 is 2.17 bits per heavy atom. The third-order valence-corrected chi connectivity index (χ3v) is 2.96. The number of hydrogen-bond acceptors (Lipinski definition) is 5. The number of furan rings is 1. The van der Waals surface area contributed by atoms with Crippen molar-refractivity contribution in [3.8, 4) is 0 Å². The van der Waals surface area contributed by atoms with Crippen molar-refractivity contribution in [2.75, 3.05) is 10.6 Å². The van der Waals surface area contributed by atoms with Gasteiger partial charge in [-0.05, 0) is 49.2 Å². The lowest BCUT2D eigenvalue weighted by Crippen LogP contribution is -2.22. The average Bonchev–Trinajstić information content (AvgIpc) is 3.03. The molecule has 2 rings (SSSR count). The number of carboxylic acids is 1. The minimum Gasteiger partial charge on any atom is -0.550 e. The van der Waals surface area contributed by atoms with Gasteiger partial charge in [0.2, 0.25) is 5.91 Å². The van der Waals surface area contributed by atoms with Crippen LogP contribution in [0, 0.1) is 0 Å². The van der Waals surface area contributed by atoms with Gasteiger partial charge in [-0.25, -0.2) is 0 Å². The van der Waals surface area contributed by atoms with Crippen LogP contribution in [0.4, 0.5) is 11.4 Å². The van der Waals surface area contributed by atoms with Crippen molar-refractivity contribution >= 4 is 29.2 Å². The van der Waals surface area contributed by atoms with Crippen LogP contribution in [-0.4, -0.2) is 17.8 Å². The number of carbonyl (C=O) groups excluding carboxylic acids is 3. The highest BCUT2D eigenvalue weighted by Gasteiger charge is 2.08. The first-order valence-corrected chi connectivity index (χ1v) is 6.99. The first-order valence-electron chi connectivity index (χ1n) is 6.99. The quantitative estimate of drug-likeness (QED) is 0.802. The smallest absolute Gasteiger partial charge is 0.291 e. The Hall–Kier alpha value is -3.09. The molecule has 2 N–H and O–H groups in total. The van der Waals surface area contributed by atoms with Crippen LogP contribution in [-0.2, 0) is 9.59 Å². The highest BCUT2D eigenvalue weighted by molar-refractivity contribution is 6.02.